The third-order valence-corrected chi connectivity index (χ3v) is 5.16. The van der Waals surface area contributed by atoms with E-state index < -0.39 is 10.0 Å². The summed E-state index contributed by atoms with van der Waals surface area (Å²) in [6, 6.07) is 13.5. The highest BCUT2D eigenvalue weighted by Crippen LogP contribution is 2.37. The van der Waals surface area contributed by atoms with Crippen LogP contribution in [0.2, 0.25) is 5.02 Å². The molecule has 0 aliphatic rings. The summed E-state index contributed by atoms with van der Waals surface area (Å²) in [7, 11) is -3.93. The number of hydrogen-bond donors (Lipinski definition) is 1. The van der Waals surface area contributed by atoms with Gasteiger partial charge in [0.15, 0.2) is 5.76 Å². The lowest BCUT2D eigenvalue weighted by molar-refractivity contribution is 0.494. The summed E-state index contributed by atoms with van der Waals surface area (Å²) >= 11 is 5.97. The van der Waals surface area contributed by atoms with Gasteiger partial charge in [-0.15, -0.1) is 6.58 Å². The first-order chi connectivity index (χ1) is 12.3. The lowest BCUT2D eigenvalue weighted by Crippen LogP contribution is -2.13. The number of allylic oxidation sites excluding steroid dienone is 1. The molecular formula is C19H17ClN2O3S. The number of rotatable bonds is 5. The van der Waals surface area contributed by atoms with Gasteiger partial charge >= 0.3 is 0 Å². The van der Waals surface area contributed by atoms with Gasteiger partial charge in [0.2, 0.25) is 15.9 Å². The van der Waals surface area contributed by atoms with E-state index in [9.17, 15) is 8.42 Å². The minimum absolute atomic E-state index is 0.0239. The molecule has 1 atom stereocenters. The Morgan fingerprint density at radius 2 is 1.85 bits per heavy atom. The monoisotopic (exact) mass is 388 g/mol. The molecule has 3 rings (SSSR count). The molecule has 0 amide bonds. The first kappa shape index (κ1) is 18.4. The van der Waals surface area contributed by atoms with Crippen LogP contribution in [0, 0.1) is 0 Å². The molecule has 0 radical (unpaired) electrons. The Labute approximate surface area is 157 Å². The van der Waals surface area contributed by atoms with Crippen LogP contribution in [0.5, 0.6) is 0 Å². The number of aromatic nitrogens is 1. The van der Waals surface area contributed by atoms with Crippen LogP contribution in [0.3, 0.4) is 0 Å². The van der Waals surface area contributed by atoms with E-state index in [0.717, 1.165) is 5.56 Å². The molecule has 0 fully saturated rings. The van der Waals surface area contributed by atoms with Crippen molar-refractivity contribution >= 4 is 21.6 Å². The van der Waals surface area contributed by atoms with Crippen molar-refractivity contribution in [1.82, 2.24) is 4.98 Å². The Balaban J connectivity index is 2.29. The van der Waals surface area contributed by atoms with E-state index in [2.05, 4.69) is 11.6 Å². The molecule has 1 aromatic heterocycles. The summed E-state index contributed by atoms with van der Waals surface area (Å²) in [4.78, 5) is 4.54. The maximum absolute atomic E-state index is 12.0. The molecule has 1 heterocycles. The smallest absolute Gasteiger partial charge is 0.238 e. The SMILES string of the molecule is C=CC(C)c1nc(-c2ccc(Cl)cc2)c(-c2ccccc2S(N)(=O)=O)o1. The zero-order valence-corrected chi connectivity index (χ0v) is 15.6. The molecule has 1 unspecified atom stereocenters. The molecule has 0 saturated carbocycles. The minimum atomic E-state index is -3.93. The maximum atomic E-state index is 12.0. The van der Waals surface area contributed by atoms with Crippen molar-refractivity contribution < 1.29 is 12.8 Å². The van der Waals surface area contributed by atoms with Crippen molar-refractivity contribution in [3.8, 4) is 22.6 Å². The topological polar surface area (TPSA) is 86.2 Å². The van der Waals surface area contributed by atoms with Gasteiger partial charge in [-0.2, -0.15) is 0 Å². The van der Waals surface area contributed by atoms with Crippen LogP contribution in [-0.4, -0.2) is 13.4 Å². The van der Waals surface area contributed by atoms with Gasteiger partial charge in [-0.25, -0.2) is 18.5 Å². The van der Waals surface area contributed by atoms with Gasteiger partial charge in [-0.1, -0.05) is 48.9 Å². The Morgan fingerprint density at radius 3 is 2.46 bits per heavy atom. The number of nitrogens with zero attached hydrogens (tertiary/aromatic N) is 1. The van der Waals surface area contributed by atoms with Crippen molar-refractivity contribution in [2.75, 3.05) is 0 Å². The molecule has 7 heteroatoms. The largest absolute Gasteiger partial charge is 0.439 e. The molecule has 2 aromatic carbocycles. The van der Waals surface area contributed by atoms with Crippen molar-refractivity contribution in [3.63, 3.8) is 0 Å². The Morgan fingerprint density at radius 1 is 1.19 bits per heavy atom. The Bertz CT molecular complexity index is 1060. The summed E-state index contributed by atoms with van der Waals surface area (Å²) in [5.41, 5.74) is 1.62. The summed E-state index contributed by atoms with van der Waals surface area (Å²) in [6.07, 6.45) is 1.70. The molecule has 0 spiro atoms. The van der Waals surface area contributed by atoms with E-state index in [1.165, 1.54) is 6.07 Å². The molecular weight excluding hydrogens is 372 g/mol. The Hall–Kier alpha value is -2.41. The van der Waals surface area contributed by atoms with Gasteiger partial charge in [0.1, 0.15) is 5.69 Å². The third kappa shape index (κ3) is 3.58. The number of halogens is 1. The third-order valence-electron chi connectivity index (χ3n) is 3.94. The van der Waals surface area contributed by atoms with Crippen LogP contribution in [-0.2, 0) is 10.0 Å². The van der Waals surface area contributed by atoms with Gasteiger partial charge in [0.25, 0.3) is 0 Å². The molecule has 5 nitrogen and oxygen atoms in total. The van der Waals surface area contributed by atoms with Crippen LogP contribution >= 0.6 is 11.6 Å². The van der Waals surface area contributed by atoms with Gasteiger partial charge < -0.3 is 4.42 Å². The molecule has 0 saturated heterocycles. The van der Waals surface area contributed by atoms with E-state index in [0.29, 0.717) is 27.9 Å². The number of benzene rings is 2. The first-order valence-electron chi connectivity index (χ1n) is 7.82. The fourth-order valence-corrected chi connectivity index (χ4v) is 3.38. The summed E-state index contributed by atoms with van der Waals surface area (Å²) < 4.78 is 29.9. The van der Waals surface area contributed by atoms with E-state index in [4.69, 9.17) is 21.2 Å². The van der Waals surface area contributed by atoms with E-state index in [-0.39, 0.29) is 10.8 Å². The van der Waals surface area contributed by atoms with Crippen LogP contribution in [0.15, 0.2) is 70.5 Å². The molecule has 0 bridgehead atoms. The number of sulfonamides is 1. The standard InChI is InChI=1S/C19H17ClN2O3S/c1-3-12(2)19-22-17(13-8-10-14(20)11-9-13)18(25-19)15-6-4-5-7-16(15)26(21,23)24/h3-12H,1H2,2H3,(H2,21,23,24). The van der Waals surface area contributed by atoms with Crippen molar-refractivity contribution in [1.29, 1.82) is 0 Å². The molecule has 2 N–H and O–H groups in total. The second-order valence-electron chi connectivity index (χ2n) is 5.80. The quantitative estimate of drug-likeness (QED) is 0.647. The lowest BCUT2D eigenvalue weighted by atomic mass is 10.1. The predicted octanol–water partition coefficient (Wildman–Crippen LogP) is 4.60. The lowest BCUT2D eigenvalue weighted by Gasteiger charge is -2.07. The van der Waals surface area contributed by atoms with Crippen LogP contribution in [0.4, 0.5) is 0 Å². The molecule has 0 aliphatic heterocycles. The fourth-order valence-electron chi connectivity index (χ4n) is 2.52. The van der Waals surface area contributed by atoms with E-state index >= 15 is 0 Å². The van der Waals surface area contributed by atoms with Crippen molar-refractivity contribution in [2.24, 2.45) is 5.14 Å². The second kappa shape index (κ2) is 7.07. The average Bonchev–Trinajstić information content (AvgIpc) is 3.06. The van der Waals surface area contributed by atoms with Crippen molar-refractivity contribution in [2.45, 2.75) is 17.7 Å². The first-order valence-corrected chi connectivity index (χ1v) is 9.75. The normalized spacial score (nSPS) is 12.7. The summed E-state index contributed by atoms with van der Waals surface area (Å²) in [6.45, 7) is 5.65. The van der Waals surface area contributed by atoms with E-state index in [1.54, 1.807) is 48.5 Å². The van der Waals surface area contributed by atoms with E-state index in [1.807, 2.05) is 6.92 Å². The van der Waals surface area contributed by atoms with Gasteiger partial charge in [0.05, 0.1) is 10.8 Å². The maximum Gasteiger partial charge on any atom is 0.238 e. The predicted molar refractivity (Wildman–Crippen MR) is 102 cm³/mol. The number of hydrogen-bond acceptors (Lipinski definition) is 4. The minimum Gasteiger partial charge on any atom is -0.439 e. The Kier molecular flexibility index (Phi) is 5.00. The van der Waals surface area contributed by atoms with Crippen molar-refractivity contribution in [3.05, 3.63) is 72.1 Å². The van der Waals surface area contributed by atoms with Gasteiger partial charge in [-0.05, 0) is 24.3 Å². The number of nitrogens with two attached hydrogens (primary N) is 1. The zero-order valence-electron chi connectivity index (χ0n) is 14.0. The number of primary sulfonamides is 1. The summed E-state index contributed by atoms with van der Waals surface area (Å²) in [5, 5.41) is 5.96. The average molecular weight is 389 g/mol. The highest BCUT2D eigenvalue weighted by molar-refractivity contribution is 7.89. The van der Waals surface area contributed by atoms with Crippen LogP contribution < -0.4 is 5.14 Å². The molecule has 26 heavy (non-hydrogen) atoms. The molecule has 134 valence electrons. The highest BCUT2D eigenvalue weighted by atomic mass is 35.5. The highest BCUT2D eigenvalue weighted by Gasteiger charge is 2.24. The molecule has 3 aromatic rings. The zero-order chi connectivity index (χ0) is 18.9. The van der Waals surface area contributed by atoms with Gasteiger partial charge in [-0.3, -0.25) is 0 Å². The van der Waals surface area contributed by atoms with Gasteiger partial charge in [0, 0.05) is 16.1 Å². The van der Waals surface area contributed by atoms with Crippen LogP contribution in [0.1, 0.15) is 18.7 Å². The second-order valence-corrected chi connectivity index (χ2v) is 7.77. The van der Waals surface area contributed by atoms with Crippen LogP contribution in [0.25, 0.3) is 22.6 Å². The molecule has 0 aliphatic carbocycles. The number of oxazole rings is 1. The summed E-state index contributed by atoms with van der Waals surface area (Å²) in [5.74, 6) is 0.626. The fraction of sp³-hybridized carbons (Fsp3) is 0.105.